The Balaban J connectivity index is 2.73. The molecule has 0 fully saturated rings. The number of nitrogens with one attached hydrogen (secondary N) is 1. The fourth-order valence-electron chi connectivity index (χ4n) is 1.53. The highest BCUT2D eigenvalue weighted by atomic mass is 16.5. The van der Waals surface area contributed by atoms with Crippen LogP contribution in [0.2, 0.25) is 0 Å². The van der Waals surface area contributed by atoms with Crippen LogP contribution in [0.25, 0.3) is 0 Å². The molecule has 0 spiro atoms. The predicted molar refractivity (Wildman–Crippen MR) is 64.2 cm³/mol. The standard InChI is InChI=1S/C13H18N2O/c1-10(2)16-12-6-4-11(5-7-12)13(15-3)8-9-14/h4-7,10,13,15H,8H2,1-3H3. The zero-order valence-corrected chi connectivity index (χ0v) is 10.0. The minimum absolute atomic E-state index is 0.0955. The van der Waals surface area contributed by atoms with E-state index in [1.807, 2.05) is 45.2 Å². The first kappa shape index (κ1) is 12.5. The normalized spacial score (nSPS) is 12.2. The fraction of sp³-hybridized carbons (Fsp3) is 0.462. The zero-order valence-electron chi connectivity index (χ0n) is 10.0. The number of benzene rings is 1. The van der Waals surface area contributed by atoms with Crippen molar-refractivity contribution >= 4 is 0 Å². The molecule has 0 aliphatic rings. The second-order valence-electron chi connectivity index (χ2n) is 3.94. The molecule has 86 valence electrons. The molecule has 0 bridgehead atoms. The van der Waals surface area contributed by atoms with Crippen LogP contribution in [-0.4, -0.2) is 13.2 Å². The Hall–Kier alpha value is -1.53. The molecule has 1 unspecified atom stereocenters. The Kier molecular flexibility index (Phi) is 4.81. The van der Waals surface area contributed by atoms with Gasteiger partial charge in [-0.3, -0.25) is 0 Å². The lowest BCUT2D eigenvalue weighted by molar-refractivity contribution is 0.242. The van der Waals surface area contributed by atoms with Gasteiger partial charge < -0.3 is 10.1 Å². The topological polar surface area (TPSA) is 45.0 Å². The molecule has 0 aliphatic carbocycles. The molecule has 0 aliphatic heterocycles. The third-order valence-corrected chi connectivity index (χ3v) is 2.30. The second-order valence-corrected chi connectivity index (χ2v) is 3.94. The largest absolute Gasteiger partial charge is 0.491 e. The Labute approximate surface area is 97.0 Å². The average Bonchev–Trinajstić information content (AvgIpc) is 2.26. The summed E-state index contributed by atoms with van der Waals surface area (Å²) >= 11 is 0. The quantitative estimate of drug-likeness (QED) is 0.826. The molecule has 1 aromatic carbocycles. The Morgan fingerprint density at radius 2 is 1.94 bits per heavy atom. The van der Waals surface area contributed by atoms with Crippen LogP contribution >= 0.6 is 0 Å². The molecule has 1 atom stereocenters. The first-order valence-electron chi connectivity index (χ1n) is 5.48. The van der Waals surface area contributed by atoms with E-state index in [0.717, 1.165) is 11.3 Å². The van der Waals surface area contributed by atoms with Gasteiger partial charge in [-0.2, -0.15) is 5.26 Å². The van der Waals surface area contributed by atoms with Crippen LogP contribution in [0, 0.1) is 11.3 Å². The van der Waals surface area contributed by atoms with Crippen molar-refractivity contribution < 1.29 is 4.74 Å². The number of nitrogens with zero attached hydrogens (tertiary/aromatic N) is 1. The van der Waals surface area contributed by atoms with E-state index in [1.165, 1.54) is 0 Å². The molecule has 0 amide bonds. The maximum atomic E-state index is 8.69. The molecular formula is C13H18N2O. The van der Waals surface area contributed by atoms with Gasteiger partial charge in [-0.1, -0.05) is 12.1 Å². The lowest BCUT2D eigenvalue weighted by atomic mass is 10.0. The average molecular weight is 218 g/mol. The summed E-state index contributed by atoms with van der Waals surface area (Å²) in [4.78, 5) is 0. The van der Waals surface area contributed by atoms with Crippen molar-refractivity contribution in [3.63, 3.8) is 0 Å². The lowest BCUT2D eigenvalue weighted by Crippen LogP contribution is -2.15. The number of rotatable bonds is 5. The maximum Gasteiger partial charge on any atom is 0.119 e. The van der Waals surface area contributed by atoms with Crippen LogP contribution in [0.15, 0.2) is 24.3 Å². The van der Waals surface area contributed by atoms with E-state index in [4.69, 9.17) is 10.00 Å². The number of nitriles is 1. The summed E-state index contributed by atoms with van der Waals surface area (Å²) in [5, 5.41) is 11.8. The van der Waals surface area contributed by atoms with E-state index in [2.05, 4.69) is 11.4 Å². The van der Waals surface area contributed by atoms with E-state index in [0.29, 0.717) is 6.42 Å². The van der Waals surface area contributed by atoms with Crippen molar-refractivity contribution in [2.24, 2.45) is 0 Å². The molecule has 0 aromatic heterocycles. The molecule has 16 heavy (non-hydrogen) atoms. The summed E-state index contributed by atoms with van der Waals surface area (Å²) in [6.45, 7) is 4.00. The molecule has 0 radical (unpaired) electrons. The van der Waals surface area contributed by atoms with Gasteiger partial charge in [0.1, 0.15) is 5.75 Å². The van der Waals surface area contributed by atoms with E-state index in [-0.39, 0.29) is 12.1 Å². The molecule has 0 saturated carbocycles. The van der Waals surface area contributed by atoms with Gasteiger partial charge in [-0.05, 0) is 38.6 Å². The van der Waals surface area contributed by atoms with Crippen molar-refractivity contribution in [2.45, 2.75) is 32.4 Å². The van der Waals surface area contributed by atoms with Crippen molar-refractivity contribution in [3.05, 3.63) is 29.8 Å². The van der Waals surface area contributed by atoms with Crippen molar-refractivity contribution in [1.29, 1.82) is 5.26 Å². The molecule has 1 N–H and O–H groups in total. The molecule has 3 nitrogen and oxygen atoms in total. The van der Waals surface area contributed by atoms with Crippen LogP contribution < -0.4 is 10.1 Å². The van der Waals surface area contributed by atoms with Crippen LogP contribution in [0.3, 0.4) is 0 Å². The molecule has 3 heteroatoms. The van der Waals surface area contributed by atoms with Crippen molar-refractivity contribution in [3.8, 4) is 11.8 Å². The Bertz CT molecular complexity index is 351. The molecule has 1 rings (SSSR count). The summed E-state index contributed by atoms with van der Waals surface area (Å²) in [6, 6.07) is 10.1. The zero-order chi connectivity index (χ0) is 12.0. The smallest absolute Gasteiger partial charge is 0.119 e. The van der Waals surface area contributed by atoms with Crippen LogP contribution in [-0.2, 0) is 0 Å². The molecule has 0 heterocycles. The van der Waals surface area contributed by atoms with E-state index >= 15 is 0 Å². The van der Waals surface area contributed by atoms with Gasteiger partial charge in [0.15, 0.2) is 0 Å². The summed E-state index contributed by atoms with van der Waals surface area (Å²) < 4.78 is 5.56. The molecule has 1 aromatic rings. The second kappa shape index (κ2) is 6.14. The third kappa shape index (κ3) is 3.56. The fourth-order valence-corrected chi connectivity index (χ4v) is 1.53. The van der Waals surface area contributed by atoms with Crippen molar-refractivity contribution in [2.75, 3.05) is 7.05 Å². The third-order valence-electron chi connectivity index (χ3n) is 2.30. The summed E-state index contributed by atoms with van der Waals surface area (Å²) in [7, 11) is 1.86. The first-order chi connectivity index (χ1) is 7.67. The monoisotopic (exact) mass is 218 g/mol. The van der Waals surface area contributed by atoms with E-state index < -0.39 is 0 Å². The van der Waals surface area contributed by atoms with Gasteiger partial charge in [-0.25, -0.2) is 0 Å². The van der Waals surface area contributed by atoms with Crippen LogP contribution in [0.1, 0.15) is 31.9 Å². The van der Waals surface area contributed by atoms with Gasteiger partial charge in [0.2, 0.25) is 0 Å². The lowest BCUT2D eigenvalue weighted by Gasteiger charge is -2.14. The molecular weight excluding hydrogens is 200 g/mol. The van der Waals surface area contributed by atoms with Gasteiger partial charge in [0.25, 0.3) is 0 Å². The highest BCUT2D eigenvalue weighted by Crippen LogP contribution is 2.20. The van der Waals surface area contributed by atoms with Crippen LogP contribution in [0.5, 0.6) is 5.75 Å². The minimum atomic E-state index is 0.0955. The highest BCUT2D eigenvalue weighted by Gasteiger charge is 2.08. The molecule has 0 saturated heterocycles. The number of hydrogen-bond acceptors (Lipinski definition) is 3. The predicted octanol–water partition coefficient (Wildman–Crippen LogP) is 2.65. The first-order valence-corrected chi connectivity index (χ1v) is 5.48. The summed E-state index contributed by atoms with van der Waals surface area (Å²) in [5.41, 5.74) is 1.11. The number of ether oxygens (including phenoxy) is 1. The van der Waals surface area contributed by atoms with E-state index in [9.17, 15) is 0 Å². The Morgan fingerprint density at radius 1 is 1.31 bits per heavy atom. The van der Waals surface area contributed by atoms with Gasteiger partial charge in [-0.15, -0.1) is 0 Å². The van der Waals surface area contributed by atoms with Gasteiger partial charge >= 0.3 is 0 Å². The minimum Gasteiger partial charge on any atom is -0.491 e. The van der Waals surface area contributed by atoms with Crippen LogP contribution in [0.4, 0.5) is 0 Å². The Morgan fingerprint density at radius 3 is 2.38 bits per heavy atom. The van der Waals surface area contributed by atoms with E-state index in [1.54, 1.807) is 0 Å². The SMILES string of the molecule is CNC(CC#N)c1ccc(OC(C)C)cc1. The maximum absolute atomic E-state index is 8.69. The summed E-state index contributed by atoms with van der Waals surface area (Å²) in [5.74, 6) is 0.866. The number of hydrogen-bond donors (Lipinski definition) is 1. The summed E-state index contributed by atoms with van der Waals surface area (Å²) in [6.07, 6.45) is 0.658. The van der Waals surface area contributed by atoms with Crippen molar-refractivity contribution in [1.82, 2.24) is 5.32 Å². The van der Waals surface area contributed by atoms with Gasteiger partial charge in [0.05, 0.1) is 18.6 Å². The highest BCUT2D eigenvalue weighted by molar-refractivity contribution is 5.29. The van der Waals surface area contributed by atoms with Gasteiger partial charge in [0, 0.05) is 6.04 Å².